The van der Waals surface area contributed by atoms with Crippen LogP contribution in [0.4, 0.5) is 10.5 Å². The van der Waals surface area contributed by atoms with E-state index in [1.54, 1.807) is 4.90 Å². The van der Waals surface area contributed by atoms with Crippen molar-refractivity contribution in [2.75, 3.05) is 18.0 Å². The third-order valence-corrected chi connectivity index (χ3v) is 3.34. The number of amides is 3. The summed E-state index contributed by atoms with van der Waals surface area (Å²) in [6, 6.07) is 9.38. The van der Waals surface area contributed by atoms with E-state index in [1.807, 2.05) is 30.3 Å². The Morgan fingerprint density at radius 1 is 1.16 bits per heavy atom. The summed E-state index contributed by atoms with van der Waals surface area (Å²) in [6.07, 6.45) is 3.02. The fraction of sp³-hybridized carbons (Fsp3) is 0.467. The molecule has 3 amide bonds. The topological polar surface area (TPSA) is 40.6 Å². The molecule has 0 spiro atoms. The summed E-state index contributed by atoms with van der Waals surface area (Å²) in [4.78, 5) is 27.6. The van der Waals surface area contributed by atoms with Crippen LogP contribution in [0.1, 0.15) is 32.6 Å². The first kappa shape index (κ1) is 13.6. The van der Waals surface area contributed by atoms with Crippen LogP contribution in [0.15, 0.2) is 30.3 Å². The van der Waals surface area contributed by atoms with Gasteiger partial charge >= 0.3 is 6.03 Å². The maximum absolute atomic E-state index is 12.5. The van der Waals surface area contributed by atoms with Crippen LogP contribution in [0.3, 0.4) is 0 Å². The highest BCUT2D eigenvalue weighted by Crippen LogP contribution is 2.20. The minimum atomic E-state index is -0.179. The minimum absolute atomic E-state index is 0.0446. The molecule has 1 saturated heterocycles. The average molecular weight is 260 g/mol. The van der Waals surface area contributed by atoms with E-state index in [2.05, 4.69) is 6.92 Å². The van der Waals surface area contributed by atoms with E-state index >= 15 is 0 Å². The third kappa shape index (κ3) is 3.13. The normalized spacial score (nSPS) is 16.7. The fourth-order valence-electron chi connectivity index (χ4n) is 2.26. The second kappa shape index (κ2) is 6.36. The molecule has 102 valence electrons. The number of imide groups is 1. The number of carbonyl (C=O) groups is 2. The minimum Gasteiger partial charge on any atom is -0.294 e. The molecule has 19 heavy (non-hydrogen) atoms. The number of anilines is 1. The molecule has 0 unspecified atom stereocenters. The first-order chi connectivity index (χ1) is 9.24. The van der Waals surface area contributed by atoms with Crippen molar-refractivity contribution in [2.45, 2.75) is 32.6 Å². The predicted octanol–water partition coefficient (Wildman–Crippen LogP) is 3.04. The predicted molar refractivity (Wildman–Crippen MR) is 75.0 cm³/mol. The molecule has 0 aromatic heterocycles. The Labute approximate surface area is 114 Å². The molecule has 0 bridgehead atoms. The summed E-state index contributed by atoms with van der Waals surface area (Å²) in [7, 11) is 0. The van der Waals surface area contributed by atoms with Crippen molar-refractivity contribution in [3.8, 4) is 0 Å². The van der Waals surface area contributed by atoms with Gasteiger partial charge in [0.15, 0.2) is 0 Å². The van der Waals surface area contributed by atoms with Crippen LogP contribution in [0.25, 0.3) is 0 Å². The zero-order valence-electron chi connectivity index (χ0n) is 11.3. The Kier molecular flexibility index (Phi) is 4.55. The zero-order chi connectivity index (χ0) is 13.7. The van der Waals surface area contributed by atoms with E-state index < -0.39 is 0 Å². The van der Waals surface area contributed by atoms with Gasteiger partial charge in [-0.2, -0.15) is 0 Å². The largest absolute Gasteiger partial charge is 0.331 e. The lowest BCUT2D eigenvalue weighted by atomic mass is 10.2. The third-order valence-electron chi connectivity index (χ3n) is 3.34. The van der Waals surface area contributed by atoms with Gasteiger partial charge in [-0.25, -0.2) is 4.79 Å². The Morgan fingerprint density at radius 3 is 2.58 bits per heavy atom. The van der Waals surface area contributed by atoms with Gasteiger partial charge in [-0.15, -0.1) is 0 Å². The quantitative estimate of drug-likeness (QED) is 0.835. The monoisotopic (exact) mass is 260 g/mol. The number of unbranched alkanes of at least 4 members (excludes halogenated alkanes) is 1. The van der Waals surface area contributed by atoms with Crippen molar-refractivity contribution in [1.29, 1.82) is 0 Å². The van der Waals surface area contributed by atoms with Crippen molar-refractivity contribution >= 4 is 17.6 Å². The summed E-state index contributed by atoms with van der Waals surface area (Å²) in [5.74, 6) is -0.0446. The van der Waals surface area contributed by atoms with Gasteiger partial charge in [0.1, 0.15) is 0 Å². The number of nitrogens with zero attached hydrogens (tertiary/aromatic N) is 2. The lowest BCUT2D eigenvalue weighted by Gasteiger charge is -2.26. The summed E-state index contributed by atoms with van der Waals surface area (Å²) < 4.78 is 0. The molecule has 4 heteroatoms. The number of hydrogen-bond acceptors (Lipinski definition) is 2. The van der Waals surface area contributed by atoms with Crippen molar-refractivity contribution in [1.82, 2.24) is 4.90 Å². The summed E-state index contributed by atoms with van der Waals surface area (Å²) in [6.45, 7) is 3.19. The van der Waals surface area contributed by atoms with E-state index in [0.717, 1.165) is 24.9 Å². The van der Waals surface area contributed by atoms with Crippen LogP contribution in [-0.4, -0.2) is 29.9 Å². The lowest BCUT2D eigenvalue weighted by Crippen LogP contribution is -2.44. The summed E-state index contributed by atoms with van der Waals surface area (Å²) >= 11 is 0. The van der Waals surface area contributed by atoms with Crippen LogP contribution in [-0.2, 0) is 4.79 Å². The fourth-order valence-corrected chi connectivity index (χ4v) is 2.26. The number of hydrogen-bond donors (Lipinski definition) is 0. The lowest BCUT2D eigenvalue weighted by molar-refractivity contribution is -0.127. The molecule has 1 aliphatic rings. The van der Waals surface area contributed by atoms with Gasteiger partial charge in [0.05, 0.1) is 0 Å². The van der Waals surface area contributed by atoms with Crippen molar-refractivity contribution in [2.24, 2.45) is 0 Å². The van der Waals surface area contributed by atoms with Gasteiger partial charge in [-0.05, 0) is 25.0 Å². The summed E-state index contributed by atoms with van der Waals surface area (Å²) in [5.41, 5.74) is 0.865. The van der Waals surface area contributed by atoms with Crippen LogP contribution < -0.4 is 4.90 Å². The van der Waals surface area contributed by atoms with Crippen LogP contribution in [0, 0.1) is 0 Å². The number of para-hydroxylation sites is 1. The van der Waals surface area contributed by atoms with E-state index in [9.17, 15) is 9.59 Å². The van der Waals surface area contributed by atoms with Gasteiger partial charge < -0.3 is 0 Å². The smallest absolute Gasteiger partial charge is 0.294 e. The van der Waals surface area contributed by atoms with Crippen LogP contribution in [0.2, 0.25) is 0 Å². The SMILES string of the molecule is CCCCN1C(=O)CCCN(c2ccccc2)C1=O. The molecule has 0 atom stereocenters. The molecule has 1 aromatic carbocycles. The Morgan fingerprint density at radius 2 is 1.89 bits per heavy atom. The molecule has 0 aliphatic carbocycles. The number of rotatable bonds is 4. The zero-order valence-corrected chi connectivity index (χ0v) is 11.3. The highest BCUT2D eigenvalue weighted by Gasteiger charge is 2.29. The number of carbonyl (C=O) groups excluding carboxylic acids is 2. The van der Waals surface area contributed by atoms with Gasteiger partial charge in [-0.3, -0.25) is 14.6 Å². The second-order valence-corrected chi connectivity index (χ2v) is 4.77. The van der Waals surface area contributed by atoms with Crippen LogP contribution in [0.5, 0.6) is 0 Å². The van der Waals surface area contributed by atoms with E-state index in [4.69, 9.17) is 0 Å². The van der Waals surface area contributed by atoms with Gasteiger partial charge in [-0.1, -0.05) is 31.5 Å². The van der Waals surface area contributed by atoms with Crippen molar-refractivity contribution in [3.05, 3.63) is 30.3 Å². The Bertz CT molecular complexity index is 445. The first-order valence-electron chi connectivity index (χ1n) is 6.91. The molecule has 2 rings (SSSR count). The number of urea groups is 1. The molecule has 0 N–H and O–H groups in total. The molecule has 1 fully saturated rings. The number of benzene rings is 1. The Balaban J connectivity index is 2.20. The molecule has 1 aliphatic heterocycles. The standard InChI is InChI=1S/C15H20N2O2/c1-2-3-11-17-14(18)10-7-12-16(15(17)19)13-8-5-4-6-9-13/h4-6,8-9H,2-3,7,10-12H2,1H3. The molecule has 1 heterocycles. The highest BCUT2D eigenvalue weighted by molar-refractivity contribution is 6.03. The molecular weight excluding hydrogens is 240 g/mol. The van der Waals surface area contributed by atoms with Gasteiger partial charge in [0, 0.05) is 25.2 Å². The maximum atomic E-state index is 12.5. The molecule has 0 saturated carbocycles. The second-order valence-electron chi connectivity index (χ2n) is 4.77. The molecule has 1 aromatic rings. The molecule has 4 nitrogen and oxygen atoms in total. The summed E-state index contributed by atoms with van der Waals surface area (Å²) in [5, 5.41) is 0. The van der Waals surface area contributed by atoms with E-state index in [-0.39, 0.29) is 11.9 Å². The average Bonchev–Trinajstić information content (AvgIpc) is 2.57. The van der Waals surface area contributed by atoms with Crippen LogP contribution >= 0.6 is 0 Å². The van der Waals surface area contributed by atoms with Crippen molar-refractivity contribution < 1.29 is 9.59 Å². The maximum Gasteiger partial charge on any atom is 0.331 e. The molecule has 0 radical (unpaired) electrons. The molecular formula is C15H20N2O2. The van der Waals surface area contributed by atoms with Crippen molar-refractivity contribution in [3.63, 3.8) is 0 Å². The van der Waals surface area contributed by atoms with E-state index in [0.29, 0.717) is 19.5 Å². The van der Waals surface area contributed by atoms with Gasteiger partial charge in [0.2, 0.25) is 5.91 Å². The van der Waals surface area contributed by atoms with E-state index in [1.165, 1.54) is 4.90 Å². The van der Waals surface area contributed by atoms with Gasteiger partial charge in [0.25, 0.3) is 0 Å². The Hall–Kier alpha value is -1.84. The first-order valence-corrected chi connectivity index (χ1v) is 6.91. The highest BCUT2D eigenvalue weighted by atomic mass is 16.2.